The summed E-state index contributed by atoms with van der Waals surface area (Å²) in [6.45, 7) is 0. The molecule has 0 aliphatic carbocycles. The summed E-state index contributed by atoms with van der Waals surface area (Å²) in [6.07, 6.45) is 0. The number of primary sulfonamides is 1. The fourth-order valence-electron chi connectivity index (χ4n) is 2.21. The summed E-state index contributed by atoms with van der Waals surface area (Å²) < 4.78 is 23.2. The van der Waals surface area contributed by atoms with E-state index in [1.54, 1.807) is 0 Å². The highest BCUT2D eigenvalue weighted by Crippen LogP contribution is 2.38. The van der Waals surface area contributed by atoms with Gasteiger partial charge in [-0.1, -0.05) is 53.4 Å². The molecular weight excluding hydrogens is 406 g/mol. The van der Waals surface area contributed by atoms with Crippen molar-refractivity contribution in [3.63, 3.8) is 0 Å². The van der Waals surface area contributed by atoms with Gasteiger partial charge in [-0.15, -0.1) is 10.2 Å². The maximum Gasteiger partial charge on any atom is 0.242 e. The van der Waals surface area contributed by atoms with Gasteiger partial charge < -0.3 is 11.1 Å². The van der Waals surface area contributed by atoms with Crippen molar-refractivity contribution >= 4 is 49.8 Å². The number of rotatable bonds is 6. The number of carbonyl (C=O) groups excluding carboxylic acids is 1. The van der Waals surface area contributed by atoms with Gasteiger partial charge in [0.05, 0.1) is 4.90 Å². The van der Waals surface area contributed by atoms with Crippen molar-refractivity contribution in [2.24, 2.45) is 5.14 Å². The first kappa shape index (κ1) is 19.3. The summed E-state index contributed by atoms with van der Waals surface area (Å²) in [4.78, 5) is 12.8. The number of nitrogen functional groups attached to an aromatic ring is 1. The molecule has 0 spiro atoms. The van der Waals surface area contributed by atoms with Crippen molar-refractivity contribution < 1.29 is 13.2 Å². The smallest absolute Gasteiger partial charge is 0.242 e. The van der Waals surface area contributed by atoms with Crippen molar-refractivity contribution in [2.45, 2.75) is 14.5 Å². The number of nitrogens with two attached hydrogens (primary N) is 2. The number of hydrogen-bond acceptors (Lipinski definition) is 8. The minimum Gasteiger partial charge on any atom is -0.374 e. The molecule has 3 aromatic rings. The van der Waals surface area contributed by atoms with Gasteiger partial charge in [0.2, 0.25) is 21.1 Å². The molecule has 0 radical (unpaired) electrons. The highest BCUT2D eigenvalue weighted by Gasteiger charge is 2.24. The molecule has 1 aromatic heterocycles. The first-order chi connectivity index (χ1) is 12.8. The van der Waals surface area contributed by atoms with E-state index in [4.69, 9.17) is 10.9 Å². The van der Waals surface area contributed by atoms with Gasteiger partial charge in [0.1, 0.15) is 5.25 Å². The van der Waals surface area contributed by atoms with Crippen LogP contribution in [0.5, 0.6) is 0 Å². The SMILES string of the molecule is Nc1nnc(S[C@H](C(=O)Nc2ccc(S(N)(=O)=O)cc2)c2ccccc2)s1. The van der Waals surface area contributed by atoms with Crippen molar-refractivity contribution in [3.8, 4) is 0 Å². The molecule has 1 amide bonds. The fraction of sp³-hybridized carbons (Fsp3) is 0.0625. The van der Waals surface area contributed by atoms with Gasteiger partial charge in [0, 0.05) is 5.69 Å². The quantitative estimate of drug-likeness (QED) is 0.518. The second-order valence-corrected chi connectivity index (χ2v) is 9.30. The molecule has 0 bridgehead atoms. The first-order valence-corrected chi connectivity index (χ1v) is 10.8. The van der Waals surface area contributed by atoms with Crippen LogP contribution in [0.15, 0.2) is 63.8 Å². The number of thioether (sulfide) groups is 1. The third kappa shape index (κ3) is 5.04. The molecule has 8 nitrogen and oxygen atoms in total. The molecule has 140 valence electrons. The Hall–Kier alpha value is -2.47. The molecule has 11 heteroatoms. The average molecular weight is 422 g/mol. The number of amides is 1. The van der Waals surface area contributed by atoms with E-state index < -0.39 is 15.3 Å². The Labute approximate surface area is 164 Å². The predicted octanol–water partition coefficient (Wildman–Crippen LogP) is 2.24. The molecule has 0 saturated heterocycles. The Kier molecular flexibility index (Phi) is 5.75. The molecule has 1 atom stereocenters. The van der Waals surface area contributed by atoms with E-state index in [1.165, 1.54) is 47.4 Å². The summed E-state index contributed by atoms with van der Waals surface area (Å²) in [5, 5.41) is 15.3. The molecular formula is C16H15N5O3S3. The number of hydrogen-bond donors (Lipinski definition) is 3. The molecule has 3 rings (SSSR count). The van der Waals surface area contributed by atoms with Gasteiger partial charge in [0.15, 0.2) is 4.34 Å². The van der Waals surface area contributed by atoms with E-state index in [0.29, 0.717) is 15.2 Å². The van der Waals surface area contributed by atoms with Gasteiger partial charge in [-0.3, -0.25) is 4.79 Å². The number of carbonyl (C=O) groups is 1. The molecule has 2 aromatic carbocycles. The Balaban J connectivity index is 1.82. The van der Waals surface area contributed by atoms with Crippen LogP contribution < -0.4 is 16.2 Å². The highest BCUT2D eigenvalue weighted by molar-refractivity contribution is 8.02. The third-order valence-electron chi connectivity index (χ3n) is 3.43. The molecule has 0 fully saturated rings. The van der Waals surface area contributed by atoms with E-state index in [0.717, 1.165) is 5.56 Å². The lowest BCUT2D eigenvalue weighted by Crippen LogP contribution is -2.19. The Morgan fingerprint density at radius 2 is 1.74 bits per heavy atom. The van der Waals surface area contributed by atoms with Crippen molar-refractivity contribution in [1.82, 2.24) is 10.2 Å². The lowest BCUT2D eigenvalue weighted by atomic mass is 10.1. The number of sulfonamides is 1. The van der Waals surface area contributed by atoms with E-state index >= 15 is 0 Å². The Morgan fingerprint density at radius 1 is 1.07 bits per heavy atom. The van der Waals surface area contributed by atoms with Gasteiger partial charge in [-0.05, 0) is 29.8 Å². The number of benzene rings is 2. The van der Waals surface area contributed by atoms with Gasteiger partial charge >= 0.3 is 0 Å². The van der Waals surface area contributed by atoms with Gasteiger partial charge in [-0.25, -0.2) is 13.6 Å². The number of nitrogens with one attached hydrogen (secondary N) is 1. The van der Waals surface area contributed by atoms with Crippen LogP contribution in [0.4, 0.5) is 10.8 Å². The number of aromatic nitrogens is 2. The van der Waals surface area contributed by atoms with Crippen LogP contribution in [0.25, 0.3) is 0 Å². The van der Waals surface area contributed by atoms with Gasteiger partial charge in [-0.2, -0.15) is 0 Å². The zero-order valence-electron chi connectivity index (χ0n) is 13.8. The van der Waals surface area contributed by atoms with E-state index in [1.807, 2.05) is 30.3 Å². The van der Waals surface area contributed by atoms with Crippen molar-refractivity contribution in [1.29, 1.82) is 0 Å². The maximum atomic E-state index is 12.9. The van der Waals surface area contributed by atoms with Crippen LogP contribution >= 0.6 is 23.1 Å². The zero-order valence-corrected chi connectivity index (χ0v) is 16.2. The van der Waals surface area contributed by atoms with Gasteiger partial charge in [0.25, 0.3) is 0 Å². The molecule has 0 aliphatic rings. The minimum atomic E-state index is -3.79. The fourth-order valence-corrected chi connectivity index (χ4v) is 4.55. The second-order valence-electron chi connectivity index (χ2n) is 5.37. The molecule has 1 heterocycles. The summed E-state index contributed by atoms with van der Waals surface area (Å²) >= 11 is 2.43. The van der Waals surface area contributed by atoms with Crippen LogP contribution in [0, 0.1) is 0 Å². The lowest BCUT2D eigenvalue weighted by molar-refractivity contribution is -0.115. The summed E-state index contributed by atoms with van der Waals surface area (Å²) in [5.74, 6) is -0.289. The first-order valence-electron chi connectivity index (χ1n) is 7.57. The van der Waals surface area contributed by atoms with Crippen LogP contribution in [0.3, 0.4) is 0 Å². The summed E-state index contributed by atoms with van der Waals surface area (Å²) in [5.41, 5.74) is 6.85. The molecule has 0 saturated carbocycles. The van der Waals surface area contributed by atoms with Crippen LogP contribution in [-0.4, -0.2) is 24.5 Å². The third-order valence-corrected chi connectivity index (χ3v) is 6.45. The minimum absolute atomic E-state index is 0.0289. The summed E-state index contributed by atoms with van der Waals surface area (Å²) in [6, 6.07) is 14.8. The second kappa shape index (κ2) is 8.05. The number of anilines is 2. The lowest BCUT2D eigenvalue weighted by Gasteiger charge is -2.15. The Morgan fingerprint density at radius 3 is 2.30 bits per heavy atom. The van der Waals surface area contributed by atoms with Crippen LogP contribution in [-0.2, 0) is 14.8 Å². The topological polar surface area (TPSA) is 141 Å². The largest absolute Gasteiger partial charge is 0.374 e. The van der Waals surface area contributed by atoms with Crippen molar-refractivity contribution in [2.75, 3.05) is 11.1 Å². The Bertz CT molecular complexity index is 1040. The van der Waals surface area contributed by atoms with Crippen LogP contribution in [0.1, 0.15) is 10.8 Å². The monoisotopic (exact) mass is 421 g/mol. The van der Waals surface area contributed by atoms with E-state index in [9.17, 15) is 13.2 Å². The number of nitrogens with zero attached hydrogens (tertiary/aromatic N) is 2. The molecule has 27 heavy (non-hydrogen) atoms. The molecule has 0 unspecified atom stereocenters. The van der Waals surface area contributed by atoms with E-state index in [2.05, 4.69) is 15.5 Å². The van der Waals surface area contributed by atoms with Crippen molar-refractivity contribution in [3.05, 3.63) is 60.2 Å². The molecule has 0 aliphatic heterocycles. The van der Waals surface area contributed by atoms with Crippen LogP contribution in [0.2, 0.25) is 0 Å². The molecule has 5 N–H and O–H groups in total. The zero-order chi connectivity index (χ0) is 19.4. The average Bonchev–Trinajstić information content (AvgIpc) is 3.05. The standard InChI is InChI=1S/C16H15N5O3S3/c17-15-20-21-16(26-15)25-13(10-4-2-1-3-5-10)14(22)19-11-6-8-12(9-7-11)27(18,23)24/h1-9,13H,(H2,17,20)(H,19,22)(H2,18,23,24)/t13-/m0/s1. The normalized spacial score (nSPS) is 12.5. The highest BCUT2D eigenvalue weighted by atomic mass is 32.2. The van der Waals surface area contributed by atoms with E-state index in [-0.39, 0.29) is 10.8 Å². The predicted molar refractivity (Wildman–Crippen MR) is 106 cm³/mol. The maximum absolute atomic E-state index is 12.9. The summed E-state index contributed by atoms with van der Waals surface area (Å²) in [7, 11) is -3.79.